The number of nitrogens with two attached hydrogens (primary N) is 1. The molecule has 0 radical (unpaired) electrons. The van der Waals surface area contributed by atoms with E-state index in [1.165, 1.54) is 0 Å². The highest BCUT2D eigenvalue weighted by molar-refractivity contribution is 5.94. The van der Waals surface area contributed by atoms with Crippen LogP contribution in [-0.2, 0) is 29.1 Å². The fraction of sp³-hybridized carbons (Fsp3) is 0.222. The molecule has 32 heavy (non-hydrogen) atoms. The van der Waals surface area contributed by atoms with Gasteiger partial charge in [0.05, 0.1) is 19.3 Å². The van der Waals surface area contributed by atoms with E-state index in [4.69, 9.17) is 19.6 Å². The van der Waals surface area contributed by atoms with Crippen LogP contribution in [0.15, 0.2) is 71.3 Å². The van der Waals surface area contributed by atoms with E-state index in [2.05, 4.69) is 25.1 Å². The first-order chi connectivity index (χ1) is 15.6. The Hall–Kier alpha value is -3.57. The average Bonchev–Trinajstić information content (AvgIpc) is 3.27. The molecule has 4 aromatic rings. The summed E-state index contributed by atoms with van der Waals surface area (Å²) in [6.07, 6.45) is 1.89. The largest absolute Gasteiger partial charge is 0.489 e. The molecule has 0 aliphatic rings. The van der Waals surface area contributed by atoms with Gasteiger partial charge in [0.15, 0.2) is 0 Å². The number of carbonyl (C=O) groups is 1. The molecule has 0 aliphatic carbocycles. The number of ether oxygens (including phenoxy) is 2. The van der Waals surface area contributed by atoms with Gasteiger partial charge in [-0.05, 0) is 60.4 Å². The van der Waals surface area contributed by atoms with Gasteiger partial charge in [-0.2, -0.15) is 0 Å². The van der Waals surface area contributed by atoms with Crippen molar-refractivity contribution in [3.8, 4) is 16.9 Å². The normalized spacial score (nSPS) is 11.0. The second-order valence-electron chi connectivity index (χ2n) is 7.65. The Morgan fingerprint density at radius 1 is 1.00 bits per heavy atom. The third-order valence-electron chi connectivity index (χ3n) is 5.57. The van der Waals surface area contributed by atoms with E-state index in [1.54, 1.807) is 13.2 Å². The predicted molar refractivity (Wildman–Crippen MR) is 125 cm³/mol. The molecule has 1 heterocycles. The average molecular weight is 430 g/mol. The Morgan fingerprint density at radius 3 is 2.62 bits per heavy atom. The zero-order chi connectivity index (χ0) is 22.5. The Labute approximate surface area is 187 Å². The van der Waals surface area contributed by atoms with Crippen molar-refractivity contribution in [2.75, 3.05) is 6.61 Å². The smallest absolute Gasteiger partial charge is 0.310 e. The summed E-state index contributed by atoms with van der Waals surface area (Å²) in [6, 6.07) is 19.8. The zero-order valence-corrected chi connectivity index (χ0v) is 18.4. The van der Waals surface area contributed by atoms with Crippen molar-refractivity contribution in [2.24, 2.45) is 5.73 Å². The van der Waals surface area contributed by atoms with Crippen molar-refractivity contribution >= 4 is 16.9 Å². The number of benzene rings is 3. The molecule has 0 spiro atoms. The number of para-hydroxylation sites is 1. The van der Waals surface area contributed by atoms with Gasteiger partial charge in [0, 0.05) is 23.1 Å². The highest BCUT2D eigenvalue weighted by atomic mass is 16.5. The van der Waals surface area contributed by atoms with Gasteiger partial charge in [-0.1, -0.05) is 36.4 Å². The van der Waals surface area contributed by atoms with Crippen molar-refractivity contribution in [3.05, 3.63) is 89.2 Å². The third kappa shape index (κ3) is 4.53. The number of rotatable bonds is 8. The summed E-state index contributed by atoms with van der Waals surface area (Å²) < 4.78 is 17.0. The van der Waals surface area contributed by atoms with Crippen molar-refractivity contribution in [1.29, 1.82) is 0 Å². The minimum atomic E-state index is -0.263. The lowest BCUT2D eigenvalue weighted by molar-refractivity contribution is -0.142. The lowest BCUT2D eigenvalue weighted by Crippen LogP contribution is -2.09. The van der Waals surface area contributed by atoms with Crippen LogP contribution in [0.2, 0.25) is 0 Å². The molecule has 5 nitrogen and oxygen atoms in total. The van der Waals surface area contributed by atoms with Crippen LogP contribution in [0.25, 0.3) is 22.1 Å². The van der Waals surface area contributed by atoms with Crippen LogP contribution in [0.5, 0.6) is 5.75 Å². The van der Waals surface area contributed by atoms with E-state index in [-0.39, 0.29) is 12.4 Å². The van der Waals surface area contributed by atoms with Crippen LogP contribution in [0.3, 0.4) is 0 Å². The monoisotopic (exact) mass is 429 g/mol. The molecule has 0 aliphatic heterocycles. The molecule has 0 unspecified atom stereocenters. The molecular weight excluding hydrogens is 402 g/mol. The van der Waals surface area contributed by atoms with Gasteiger partial charge < -0.3 is 19.6 Å². The molecule has 0 saturated carbocycles. The van der Waals surface area contributed by atoms with Gasteiger partial charge in [0.1, 0.15) is 17.9 Å². The molecule has 3 aromatic carbocycles. The summed E-state index contributed by atoms with van der Waals surface area (Å²) in [5, 5.41) is 1.01. The minimum absolute atomic E-state index is 0.182. The second kappa shape index (κ2) is 9.71. The van der Waals surface area contributed by atoms with Crippen LogP contribution in [0.1, 0.15) is 29.2 Å². The van der Waals surface area contributed by atoms with E-state index < -0.39 is 0 Å². The number of furan rings is 1. The van der Waals surface area contributed by atoms with Crippen molar-refractivity contribution < 1.29 is 18.7 Å². The summed E-state index contributed by atoms with van der Waals surface area (Å²) in [6.45, 7) is 5.10. The van der Waals surface area contributed by atoms with Crippen LogP contribution in [-0.4, -0.2) is 12.6 Å². The Kier molecular flexibility index (Phi) is 6.57. The van der Waals surface area contributed by atoms with Gasteiger partial charge in [-0.25, -0.2) is 0 Å². The summed E-state index contributed by atoms with van der Waals surface area (Å²) in [7, 11) is 0. The van der Waals surface area contributed by atoms with Crippen molar-refractivity contribution in [2.45, 2.75) is 33.4 Å². The van der Waals surface area contributed by atoms with E-state index in [0.717, 1.165) is 44.3 Å². The fourth-order valence-electron chi connectivity index (χ4n) is 3.94. The predicted octanol–water partition coefficient (Wildman–Crippen LogP) is 5.55. The molecular formula is C27H27NO4. The van der Waals surface area contributed by atoms with E-state index >= 15 is 0 Å². The molecule has 2 N–H and O–H groups in total. The molecule has 1 aromatic heterocycles. The lowest BCUT2D eigenvalue weighted by atomic mass is 9.94. The first-order valence-corrected chi connectivity index (χ1v) is 10.8. The van der Waals surface area contributed by atoms with Crippen molar-refractivity contribution in [1.82, 2.24) is 0 Å². The van der Waals surface area contributed by atoms with Crippen LogP contribution < -0.4 is 10.5 Å². The molecule has 4 rings (SSSR count). The molecule has 0 saturated heterocycles. The standard InChI is InChI=1S/C27H27NO4/c1-3-30-26(29)15-20-7-4-5-10-25(20)32-17-19-13-21-11-12-31-27(21)24(14-19)23-9-6-8-22(16-28)18(23)2/h4-14H,3,15-17,28H2,1-2H3. The van der Waals surface area contributed by atoms with Gasteiger partial charge in [-0.3, -0.25) is 4.79 Å². The molecule has 0 amide bonds. The summed E-state index contributed by atoms with van der Waals surface area (Å²) in [5.74, 6) is 0.414. The van der Waals surface area contributed by atoms with Gasteiger partial charge >= 0.3 is 5.97 Å². The summed E-state index contributed by atoms with van der Waals surface area (Å²) in [5.41, 5.74) is 12.9. The first kappa shape index (κ1) is 21.7. The summed E-state index contributed by atoms with van der Waals surface area (Å²) >= 11 is 0. The van der Waals surface area contributed by atoms with Crippen molar-refractivity contribution in [3.63, 3.8) is 0 Å². The van der Waals surface area contributed by atoms with E-state index in [9.17, 15) is 4.79 Å². The molecule has 0 fully saturated rings. The Balaban J connectivity index is 1.65. The number of hydrogen-bond donors (Lipinski definition) is 1. The van der Waals surface area contributed by atoms with Crippen LogP contribution in [0.4, 0.5) is 0 Å². The van der Waals surface area contributed by atoms with E-state index in [1.807, 2.05) is 42.5 Å². The number of fused-ring (bicyclic) bond motifs is 1. The van der Waals surface area contributed by atoms with Crippen LogP contribution in [0, 0.1) is 6.92 Å². The summed E-state index contributed by atoms with van der Waals surface area (Å²) in [4.78, 5) is 11.9. The molecule has 5 heteroatoms. The number of hydrogen-bond acceptors (Lipinski definition) is 5. The third-order valence-corrected chi connectivity index (χ3v) is 5.57. The van der Waals surface area contributed by atoms with Crippen LogP contribution >= 0.6 is 0 Å². The topological polar surface area (TPSA) is 74.7 Å². The number of esters is 1. The lowest BCUT2D eigenvalue weighted by Gasteiger charge is -2.14. The molecule has 164 valence electrons. The maximum Gasteiger partial charge on any atom is 0.310 e. The SMILES string of the molecule is CCOC(=O)Cc1ccccc1OCc1cc(-c2cccc(CN)c2C)c2occc2c1. The highest BCUT2D eigenvalue weighted by Gasteiger charge is 2.14. The molecule has 0 atom stereocenters. The maximum atomic E-state index is 11.9. The zero-order valence-electron chi connectivity index (χ0n) is 18.4. The first-order valence-electron chi connectivity index (χ1n) is 10.8. The highest BCUT2D eigenvalue weighted by Crippen LogP contribution is 2.34. The second-order valence-corrected chi connectivity index (χ2v) is 7.65. The Morgan fingerprint density at radius 2 is 1.81 bits per heavy atom. The minimum Gasteiger partial charge on any atom is -0.489 e. The maximum absolute atomic E-state index is 11.9. The van der Waals surface area contributed by atoms with Gasteiger partial charge in [0.25, 0.3) is 0 Å². The van der Waals surface area contributed by atoms with E-state index in [0.29, 0.717) is 25.5 Å². The number of carbonyl (C=O) groups excluding carboxylic acids is 1. The van der Waals surface area contributed by atoms with Gasteiger partial charge in [0.2, 0.25) is 0 Å². The molecule has 0 bridgehead atoms. The quantitative estimate of drug-likeness (QED) is 0.372. The fourth-order valence-corrected chi connectivity index (χ4v) is 3.94. The Bertz CT molecular complexity index is 1240. The van der Waals surface area contributed by atoms with Gasteiger partial charge in [-0.15, -0.1) is 0 Å².